The highest BCUT2D eigenvalue weighted by Gasteiger charge is 2.52. The number of methoxy groups -OCH3 is 1. The van der Waals surface area contributed by atoms with E-state index in [1.165, 1.54) is 0 Å². The summed E-state index contributed by atoms with van der Waals surface area (Å²) in [5, 5.41) is 4.64. The van der Waals surface area contributed by atoms with Crippen molar-refractivity contribution in [2.45, 2.75) is 49.5 Å². The first kappa shape index (κ1) is 19.2. The van der Waals surface area contributed by atoms with Crippen molar-refractivity contribution in [2.75, 3.05) is 30.1 Å². The first-order valence-electron chi connectivity index (χ1n) is 10.5. The molecule has 1 aromatic carbocycles. The Balaban J connectivity index is 1.37. The molecule has 0 N–H and O–H groups in total. The molecular weight excluding hydrogens is 422 g/mol. The number of carbonyl (C=O) groups excluding carboxylic acids is 1. The Labute approximate surface area is 184 Å². The summed E-state index contributed by atoms with van der Waals surface area (Å²) in [7, 11) is 1.65. The molecule has 0 bridgehead atoms. The Morgan fingerprint density at radius 3 is 2.97 bits per heavy atom. The zero-order chi connectivity index (χ0) is 21.2. The van der Waals surface area contributed by atoms with Crippen molar-refractivity contribution in [3.05, 3.63) is 34.9 Å². The van der Waals surface area contributed by atoms with E-state index in [4.69, 9.17) is 25.6 Å². The summed E-state index contributed by atoms with van der Waals surface area (Å²) in [6, 6.07) is 4.41. The van der Waals surface area contributed by atoms with E-state index in [0.29, 0.717) is 29.0 Å². The lowest BCUT2D eigenvalue weighted by molar-refractivity contribution is -0.120. The Morgan fingerprint density at radius 1 is 1.35 bits per heavy atom. The number of ether oxygens (including phenoxy) is 2. The van der Waals surface area contributed by atoms with Crippen LogP contribution in [0.1, 0.15) is 43.4 Å². The van der Waals surface area contributed by atoms with Gasteiger partial charge in [0.1, 0.15) is 11.6 Å². The zero-order valence-corrected chi connectivity index (χ0v) is 17.8. The van der Waals surface area contributed by atoms with Gasteiger partial charge in [-0.25, -0.2) is 0 Å². The smallest absolute Gasteiger partial charge is 0.254 e. The molecule has 1 amide bonds. The lowest BCUT2D eigenvalue weighted by Gasteiger charge is -2.40. The van der Waals surface area contributed by atoms with Gasteiger partial charge in [0.2, 0.25) is 5.82 Å². The van der Waals surface area contributed by atoms with Gasteiger partial charge in [-0.05, 0) is 37.8 Å². The molecule has 1 aliphatic carbocycles. The molecule has 162 valence electrons. The van der Waals surface area contributed by atoms with E-state index in [2.05, 4.69) is 15.1 Å². The van der Waals surface area contributed by atoms with Gasteiger partial charge in [-0.3, -0.25) is 9.79 Å². The van der Waals surface area contributed by atoms with Crippen LogP contribution in [0.25, 0.3) is 0 Å². The molecule has 9 nitrogen and oxygen atoms in total. The van der Waals surface area contributed by atoms with Crippen LogP contribution in [0.3, 0.4) is 0 Å². The van der Waals surface area contributed by atoms with Gasteiger partial charge in [0, 0.05) is 13.7 Å². The molecule has 2 fully saturated rings. The minimum Gasteiger partial charge on any atom is -0.376 e. The number of nitrogens with zero attached hydrogens (tertiary/aromatic N) is 5. The molecule has 1 aromatic heterocycles. The quantitative estimate of drug-likeness (QED) is 0.701. The number of rotatable bonds is 5. The summed E-state index contributed by atoms with van der Waals surface area (Å²) in [4.78, 5) is 26.5. The highest BCUT2D eigenvalue weighted by molar-refractivity contribution is 6.35. The van der Waals surface area contributed by atoms with Crippen LogP contribution in [0, 0.1) is 0 Å². The molecule has 1 saturated heterocycles. The van der Waals surface area contributed by atoms with Gasteiger partial charge in [-0.15, -0.1) is 0 Å². The number of hydrogen-bond acceptors (Lipinski definition) is 8. The van der Waals surface area contributed by atoms with E-state index in [-0.39, 0.29) is 12.0 Å². The number of carbonyl (C=O) groups is 1. The van der Waals surface area contributed by atoms with Crippen LogP contribution < -0.4 is 9.80 Å². The largest absolute Gasteiger partial charge is 0.376 e. The van der Waals surface area contributed by atoms with Crippen LogP contribution in [-0.4, -0.2) is 54.8 Å². The van der Waals surface area contributed by atoms with Crippen molar-refractivity contribution in [3.8, 4) is 0 Å². The SMILES string of the molecule is COC1(c2noc(C3N=CN4c5cccc(Cl)c5N(CC5CCCO5)C(=O)C34)n2)CC1. The second kappa shape index (κ2) is 7.01. The monoisotopic (exact) mass is 443 g/mol. The third-order valence-electron chi connectivity index (χ3n) is 6.59. The summed E-state index contributed by atoms with van der Waals surface area (Å²) in [5.74, 6) is 0.728. The second-order valence-corrected chi connectivity index (χ2v) is 8.81. The minimum absolute atomic E-state index is 0.00757. The van der Waals surface area contributed by atoms with Crippen molar-refractivity contribution in [1.29, 1.82) is 0 Å². The number of anilines is 2. The highest BCUT2D eigenvalue weighted by Crippen LogP contribution is 2.49. The standard InChI is InChI=1S/C21H22ClN5O4/c1-29-21(7-8-21)20-24-18(31-25-20)15-17-19(28)26(10-12-4-3-9-30-12)16-13(22)5-2-6-14(16)27(17)11-23-15/h2,5-6,11-12,15,17H,3-4,7-10H2,1H3. The fourth-order valence-corrected chi connectivity index (χ4v) is 4.98. The van der Waals surface area contributed by atoms with Crippen LogP contribution in [0.2, 0.25) is 5.02 Å². The molecule has 6 rings (SSSR count). The summed E-state index contributed by atoms with van der Waals surface area (Å²) < 4.78 is 16.9. The van der Waals surface area contributed by atoms with Gasteiger partial charge in [0.25, 0.3) is 11.8 Å². The third-order valence-corrected chi connectivity index (χ3v) is 6.90. The van der Waals surface area contributed by atoms with Gasteiger partial charge in [-0.1, -0.05) is 22.8 Å². The van der Waals surface area contributed by atoms with Crippen LogP contribution in [0.5, 0.6) is 0 Å². The Bertz CT molecular complexity index is 1060. The molecule has 2 aromatic rings. The fraction of sp³-hybridized carbons (Fsp3) is 0.524. The molecule has 1 saturated carbocycles. The molecule has 4 heterocycles. The molecule has 31 heavy (non-hydrogen) atoms. The molecule has 4 aliphatic rings. The summed E-state index contributed by atoms with van der Waals surface area (Å²) >= 11 is 6.55. The molecule has 3 unspecified atom stereocenters. The van der Waals surface area contributed by atoms with E-state index in [9.17, 15) is 4.79 Å². The average Bonchev–Trinajstić information content (AvgIpc) is 3.18. The minimum atomic E-state index is -0.613. The van der Waals surface area contributed by atoms with Crippen molar-refractivity contribution in [1.82, 2.24) is 10.1 Å². The zero-order valence-electron chi connectivity index (χ0n) is 17.0. The molecule has 3 aliphatic heterocycles. The van der Waals surface area contributed by atoms with Gasteiger partial charge in [0.15, 0.2) is 6.04 Å². The Kier molecular flexibility index (Phi) is 4.35. The number of hydrogen-bond donors (Lipinski definition) is 0. The molecular formula is C21H22ClN5O4. The van der Waals surface area contributed by atoms with Crippen LogP contribution in [0.15, 0.2) is 27.7 Å². The van der Waals surface area contributed by atoms with Gasteiger partial charge >= 0.3 is 0 Å². The predicted octanol–water partition coefficient (Wildman–Crippen LogP) is 2.84. The van der Waals surface area contributed by atoms with E-state index >= 15 is 0 Å². The second-order valence-electron chi connectivity index (χ2n) is 8.41. The number of halogens is 1. The van der Waals surface area contributed by atoms with E-state index < -0.39 is 17.7 Å². The predicted molar refractivity (Wildman–Crippen MR) is 112 cm³/mol. The number of amides is 1. The number of aromatic nitrogens is 2. The maximum atomic E-state index is 13.7. The van der Waals surface area contributed by atoms with Gasteiger partial charge in [0.05, 0.1) is 35.4 Å². The molecule has 0 spiro atoms. The fourth-order valence-electron chi connectivity index (χ4n) is 4.71. The molecule has 10 heteroatoms. The summed E-state index contributed by atoms with van der Waals surface area (Å²) in [6.07, 6.45) is 5.28. The molecule has 3 atom stereocenters. The van der Waals surface area contributed by atoms with E-state index in [1.807, 2.05) is 17.0 Å². The first-order valence-corrected chi connectivity index (χ1v) is 10.9. The maximum Gasteiger partial charge on any atom is 0.254 e. The molecule has 0 radical (unpaired) electrons. The highest BCUT2D eigenvalue weighted by atomic mass is 35.5. The number of aliphatic imine (C=N–C) groups is 1. The number of fused-ring (bicyclic) bond motifs is 3. The van der Waals surface area contributed by atoms with E-state index in [1.54, 1.807) is 24.4 Å². The van der Waals surface area contributed by atoms with Crippen LogP contribution >= 0.6 is 11.6 Å². The Morgan fingerprint density at radius 2 is 2.23 bits per heavy atom. The lowest BCUT2D eigenvalue weighted by atomic mass is 10.0. The summed E-state index contributed by atoms with van der Waals surface area (Å²) in [6.45, 7) is 1.17. The van der Waals surface area contributed by atoms with E-state index in [0.717, 1.165) is 38.0 Å². The van der Waals surface area contributed by atoms with Crippen molar-refractivity contribution >= 4 is 35.2 Å². The van der Waals surface area contributed by atoms with Crippen LogP contribution in [-0.2, 0) is 19.9 Å². The van der Waals surface area contributed by atoms with Crippen molar-refractivity contribution in [3.63, 3.8) is 0 Å². The third kappa shape index (κ3) is 2.90. The van der Waals surface area contributed by atoms with Gasteiger partial charge in [-0.2, -0.15) is 4.98 Å². The average molecular weight is 444 g/mol. The van der Waals surface area contributed by atoms with Crippen molar-refractivity contribution in [2.24, 2.45) is 4.99 Å². The number of para-hydroxylation sites is 1. The van der Waals surface area contributed by atoms with Crippen molar-refractivity contribution < 1.29 is 18.8 Å². The Hall–Kier alpha value is -2.49. The van der Waals surface area contributed by atoms with Gasteiger partial charge < -0.3 is 23.8 Å². The first-order chi connectivity index (χ1) is 15.1. The number of benzene rings is 1. The van der Waals surface area contributed by atoms with Crippen LogP contribution in [0.4, 0.5) is 11.4 Å². The lowest BCUT2D eigenvalue weighted by Crippen LogP contribution is -2.54. The topological polar surface area (TPSA) is 93.3 Å². The summed E-state index contributed by atoms with van der Waals surface area (Å²) in [5.41, 5.74) is 1.05. The normalized spacial score (nSPS) is 28.2. The maximum absolute atomic E-state index is 13.7.